The van der Waals surface area contributed by atoms with E-state index >= 15 is 0 Å². The number of piperidine rings is 1. The van der Waals surface area contributed by atoms with Gasteiger partial charge < -0.3 is 9.80 Å². The van der Waals surface area contributed by atoms with Crippen LogP contribution < -0.4 is 0 Å². The Labute approximate surface area is 149 Å². The van der Waals surface area contributed by atoms with Crippen LogP contribution in [-0.4, -0.2) is 58.3 Å². The highest BCUT2D eigenvalue weighted by Crippen LogP contribution is 2.27. The van der Waals surface area contributed by atoms with Gasteiger partial charge in [-0.05, 0) is 44.4 Å². The number of nitrogens with zero attached hydrogens (tertiary/aromatic N) is 4. The first-order valence-corrected chi connectivity index (χ1v) is 9.85. The summed E-state index contributed by atoms with van der Waals surface area (Å²) in [6.07, 6.45) is 4.06. The molecular weight excluding hydrogens is 340 g/mol. The molecule has 4 heterocycles. The Morgan fingerprint density at radius 1 is 1.33 bits per heavy atom. The predicted molar refractivity (Wildman–Crippen MR) is 99.0 cm³/mol. The second kappa shape index (κ2) is 6.31. The summed E-state index contributed by atoms with van der Waals surface area (Å²) in [6.45, 7) is 2.10. The molecular formula is C17H20N4OS2. The molecule has 0 aliphatic carbocycles. The summed E-state index contributed by atoms with van der Waals surface area (Å²) >= 11 is 3.19. The predicted octanol–water partition coefficient (Wildman–Crippen LogP) is 3.29. The number of fused-ring (bicyclic) bond motifs is 1. The summed E-state index contributed by atoms with van der Waals surface area (Å²) in [7, 11) is 4.07. The average Bonchev–Trinajstić information content (AvgIpc) is 3.30. The second-order valence-corrected chi connectivity index (χ2v) is 8.11. The Kier molecular flexibility index (Phi) is 4.15. The highest BCUT2D eigenvalue weighted by atomic mass is 32.1. The van der Waals surface area contributed by atoms with Crippen molar-refractivity contribution in [2.75, 3.05) is 27.2 Å². The molecule has 0 atom stereocenters. The highest BCUT2D eigenvalue weighted by molar-refractivity contribution is 7.15. The molecule has 0 unspecified atom stereocenters. The van der Waals surface area contributed by atoms with Crippen LogP contribution in [0.3, 0.4) is 0 Å². The summed E-state index contributed by atoms with van der Waals surface area (Å²) in [4.78, 5) is 23.9. The molecule has 1 aliphatic heterocycles. The smallest absolute Gasteiger partial charge is 0.271 e. The van der Waals surface area contributed by atoms with E-state index in [9.17, 15) is 4.79 Å². The minimum absolute atomic E-state index is 0.0888. The highest BCUT2D eigenvalue weighted by Gasteiger charge is 2.26. The van der Waals surface area contributed by atoms with Crippen LogP contribution in [0.15, 0.2) is 29.1 Å². The second-order valence-electron chi connectivity index (χ2n) is 6.33. The molecule has 1 amide bonds. The fourth-order valence-electron chi connectivity index (χ4n) is 3.21. The fourth-order valence-corrected chi connectivity index (χ4v) is 4.74. The normalized spacial score (nSPS) is 16.8. The zero-order chi connectivity index (χ0) is 16.7. The van der Waals surface area contributed by atoms with Gasteiger partial charge in [0.25, 0.3) is 5.91 Å². The van der Waals surface area contributed by atoms with Crippen molar-refractivity contribution in [3.05, 3.63) is 34.8 Å². The van der Waals surface area contributed by atoms with Crippen LogP contribution in [0.1, 0.15) is 23.3 Å². The van der Waals surface area contributed by atoms with Crippen molar-refractivity contribution in [2.45, 2.75) is 18.9 Å². The minimum Gasteiger partial charge on any atom is -0.337 e. The van der Waals surface area contributed by atoms with Gasteiger partial charge in [-0.2, -0.15) is 0 Å². The van der Waals surface area contributed by atoms with E-state index < -0.39 is 0 Å². The van der Waals surface area contributed by atoms with Crippen molar-refractivity contribution in [1.82, 2.24) is 19.2 Å². The Morgan fingerprint density at radius 2 is 2.12 bits per heavy atom. The van der Waals surface area contributed by atoms with Gasteiger partial charge in [0.2, 0.25) is 0 Å². The van der Waals surface area contributed by atoms with Gasteiger partial charge in [-0.3, -0.25) is 9.20 Å². The number of carbonyl (C=O) groups is 1. The van der Waals surface area contributed by atoms with E-state index in [0.717, 1.165) is 41.5 Å². The van der Waals surface area contributed by atoms with Crippen LogP contribution in [0.2, 0.25) is 0 Å². The number of thiazole rings is 1. The maximum absolute atomic E-state index is 13.0. The molecule has 0 spiro atoms. The van der Waals surface area contributed by atoms with Crippen LogP contribution in [-0.2, 0) is 0 Å². The molecule has 4 rings (SSSR count). The van der Waals surface area contributed by atoms with Gasteiger partial charge in [-0.15, -0.1) is 22.7 Å². The maximum atomic E-state index is 13.0. The third-order valence-corrected chi connectivity index (χ3v) is 6.49. The molecule has 3 aromatic heterocycles. The van der Waals surface area contributed by atoms with E-state index in [0.29, 0.717) is 11.7 Å². The van der Waals surface area contributed by atoms with Crippen molar-refractivity contribution in [1.29, 1.82) is 0 Å². The van der Waals surface area contributed by atoms with E-state index in [1.807, 2.05) is 39.4 Å². The summed E-state index contributed by atoms with van der Waals surface area (Å²) in [5, 5.41) is 3.97. The summed E-state index contributed by atoms with van der Waals surface area (Å²) < 4.78 is 1.94. The number of carbonyl (C=O) groups excluding carboxylic acids is 1. The third-order valence-electron chi connectivity index (χ3n) is 4.76. The monoisotopic (exact) mass is 360 g/mol. The quantitative estimate of drug-likeness (QED) is 0.720. The third kappa shape index (κ3) is 2.76. The topological polar surface area (TPSA) is 40.8 Å². The molecule has 0 aromatic carbocycles. The molecule has 0 saturated carbocycles. The SMILES string of the molecule is CN1CCC(N(C)C(=O)c2csc3nc(-c4cccs4)cn23)CC1. The maximum Gasteiger partial charge on any atom is 0.271 e. The summed E-state index contributed by atoms with van der Waals surface area (Å²) in [5.74, 6) is 0.0888. The summed E-state index contributed by atoms with van der Waals surface area (Å²) in [6, 6.07) is 4.40. The van der Waals surface area contributed by atoms with Crippen molar-refractivity contribution in [2.24, 2.45) is 0 Å². The van der Waals surface area contributed by atoms with E-state index in [1.165, 1.54) is 11.3 Å². The molecule has 0 radical (unpaired) electrons. The lowest BCUT2D eigenvalue weighted by Gasteiger charge is -2.34. The zero-order valence-electron chi connectivity index (χ0n) is 13.8. The lowest BCUT2D eigenvalue weighted by atomic mass is 10.0. The van der Waals surface area contributed by atoms with Gasteiger partial charge in [0.1, 0.15) is 11.4 Å². The van der Waals surface area contributed by atoms with Crippen molar-refractivity contribution in [3.8, 4) is 10.6 Å². The van der Waals surface area contributed by atoms with E-state index in [-0.39, 0.29) is 5.91 Å². The lowest BCUT2D eigenvalue weighted by molar-refractivity contribution is 0.0653. The summed E-state index contributed by atoms with van der Waals surface area (Å²) in [5.41, 5.74) is 1.65. The Balaban J connectivity index is 1.60. The van der Waals surface area contributed by atoms with E-state index in [2.05, 4.69) is 23.0 Å². The number of rotatable bonds is 3. The molecule has 5 nitrogen and oxygen atoms in total. The Morgan fingerprint density at radius 3 is 2.83 bits per heavy atom. The molecule has 0 bridgehead atoms. The van der Waals surface area contributed by atoms with Gasteiger partial charge in [0.05, 0.1) is 4.88 Å². The largest absolute Gasteiger partial charge is 0.337 e. The first-order chi connectivity index (χ1) is 11.6. The number of hydrogen-bond acceptors (Lipinski definition) is 5. The van der Waals surface area contributed by atoms with Gasteiger partial charge >= 0.3 is 0 Å². The Hall–Kier alpha value is -1.70. The number of imidazole rings is 1. The molecule has 24 heavy (non-hydrogen) atoms. The van der Waals surface area contributed by atoms with Crippen LogP contribution in [0, 0.1) is 0 Å². The van der Waals surface area contributed by atoms with Crippen LogP contribution in [0.5, 0.6) is 0 Å². The fraction of sp³-hybridized carbons (Fsp3) is 0.412. The molecule has 1 saturated heterocycles. The van der Waals surface area contributed by atoms with Gasteiger partial charge in [-0.25, -0.2) is 4.98 Å². The molecule has 3 aromatic rings. The van der Waals surface area contributed by atoms with Crippen molar-refractivity contribution in [3.63, 3.8) is 0 Å². The lowest BCUT2D eigenvalue weighted by Crippen LogP contribution is -2.44. The average molecular weight is 361 g/mol. The molecule has 126 valence electrons. The molecule has 1 fully saturated rings. The molecule has 0 N–H and O–H groups in total. The first-order valence-electron chi connectivity index (χ1n) is 8.09. The van der Waals surface area contributed by atoms with Gasteiger partial charge in [0.15, 0.2) is 4.96 Å². The number of thiophene rings is 1. The zero-order valence-corrected chi connectivity index (χ0v) is 15.4. The standard InChI is InChI=1S/C17H20N4OS2/c1-19-7-5-12(6-8-19)20(2)16(22)14-11-24-17-18-13(10-21(14)17)15-4-3-9-23-15/h3-4,9-12H,5-8H2,1-2H3. The number of amides is 1. The minimum atomic E-state index is 0.0888. The van der Waals surface area contributed by atoms with Crippen molar-refractivity contribution < 1.29 is 4.79 Å². The van der Waals surface area contributed by atoms with Crippen LogP contribution in [0.4, 0.5) is 0 Å². The number of likely N-dealkylation sites (tertiary alicyclic amines) is 1. The first kappa shape index (κ1) is 15.8. The molecule has 1 aliphatic rings. The molecule has 7 heteroatoms. The number of hydrogen-bond donors (Lipinski definition) is 0. The van der Waals surface area contributed by atoms with Crippen LogP contribution >= 0.6 is 22.7 Å². The number of aromatic nitrogens is 2. The van der Waals surface area contributed by atoms with Crippen LogP contribution in [0.25, 0.3) is 15.5 Å². The van der Waals surface area contributed by atoms with E-state index in [1.54, 1.807) is 11.3 Å². The van der Waals surface area contributed by atoms with Gasteiger partial charge in [-0.1, -0.05) is 6.07 Å². The van der Waals surface area contributed by atoms with Crippen molar-refractivity contribution >= 4 is 33.5 Å². The Bertz CT molecular complexity index is 843. The van der Waals surface area contributed by atoms with Gasteiger partial charge in [0, 0.05) is 24.7 Å². The van der Waals surface area contributed by atoms with E-state index in [4.69, 9.17) is 0 Å².